The van der Waals surface area contributed by atoms with Gasteiger partial charge in [0.2, 0.25) is 0 Å². The van der Waals surface area contributed by atoms with E-state index in [0.717, 1.165) is 31.4 Å². The van der Waals surface area contributed by atoms with Gasteiger partial charge in [-0.25, -0.2) is 4.79 Å². The molecule has 140 valence electrons. The monoisotopic (exact) mass is 382 g/mol. The van der Waals surface area contributed by atoms with Crippen LogP contribution in [0.25, 0.3) is 17.0 Å². The van der Waals surface area contributed by atoms with Crippen molar-refractivity contribution in [3.8, 4) is 0 Å². The Kier molecular flexibility index (Phi) is 5.99. The summed E-state index contributed by atoms with van der Waals surface area (Å²) in [6, 6.07) is 15.0. The zero-order valence-corrected chi connectivity index (χ0v) is 15.8. The van der Waals surface area contributed by atoms with E-state index < -0.39 is 5.97 Å². The molecule has 1 aliphatic rings. The minimum atomic E-state index is -0.915. The highest BCUT2D eigenvalue weighted by Gasteiger charge is 2.21. The third-order valence-corrected chi connectivity index (χ3v) is 5.12. The van der Waals surface area contributed by atoms with Crippen molar-refractivity contribution in [2.45, 2.75) is 25.3 Å². The first-order valence-electron chi connectivity index (χ1n) is 9.03. The number of halogens is 1. The Balaban J connectivity index is 0.00000210. The number of hydrogen-bond acceptors (Lipinski definition) is 2. The molecule has 0 bridgehead atoms. The summed E-state index contributed by atoms with van der Waals surface area (Å²) < 4.78 is 0. The number of hydrogen-bond donors (Lipinski definition) is 3. The molecule has 27 heavy (non-hydrogen) atoms. The summed E-state index contributed by atoms with van der Waals surface area (Å²) in [5.74, 6) is -0.915. The van der Waals surface area contributed by atoms with Gasteiger partial charge in [-0.1, -0.05) is 36.4 Å². The zero-order valence-electron chi connectivity index (χ0n) is 14.9. The number of aryl methyl sites for hydroxylation is 1. The second-order valence-electron chi connectivity index (χ2n) is 6.78. The standard InChI is InChI=1S/C22H22N2O2.ClH/c25-22(26)10-6-15-5-8-19-16(13-15)7-9-21(19)23-12-11-17-14-24-20-4-2-1-3-18(17)20;/h1-6,8,10,13-14,21,23-24H,7,9,11-12H2,(H,25,26);1H. The number of rotatable bonds is 6. The first-order chi connectivity index (χ1) is 12.7. The van der Waals surface area contributed by atoms with Gasteiger partial charge in [-0.15, -0.1) is 12.4 Å². The fourth-order valence-electron chi connectivity index (χ4n) is 3.84. The Hall–Kier alpha value is -2.56. The van der Waals surface area contributed by atoms with Gasteiger partial charge < -0.3 is 15.4 Å². The second kappa shape index (κ2) is 8.42. The van der Waals surface area contributed by atoms with Crippen molar-refractivity contribution in [1.82, 2.24) is 10.3 Å². The van der Waals surface area contributed by atoms with Gasteiger partial charge in [0, 0.05) is 29.2 Å². The SMILES string of the molecule is Cl.O=C(O)C=Cc1ccc2c(c1)CCC2NCCc1c[nH]c2ccccc12. The average Bonchev–Trinajstić information content (AvgIpc) is 3.24. The first-order valence-corrected chi connectivity index (χ1v) is 9.03. The summed E-state index contributed by atoms with van der Waals surface area (Å²) in [5, 5.41) is 13.7. The van der Waals surface area contributed by atoms with E-state index in [1.54, 1.807) is 6.08 Å². The molecule has 1 heterocycles. The van der Waals surface area contributed by atoms with E-state index >= 15 is 0 Å². The number of carbonyl (C=O) groups is 1. The Morgan fingerprint density at radius 1 is 1.26 bits per heavy atom. The lowest BCUT2D eigenvalue weighted by molar-refractivity contribution is -0.131. The average molecular weight is 383 g/mol. The molecule has 0 fully saturated rings. The van der Waals surface area contributed by atoms with Gasteiger partial charge in [-0.3, -0.25) is 0 Å². The van der Waals surface area contributed by atoms with Gasteiger partial charge >= 0.3 is 5.97 Å². The van der Waals surface area contributed by atoms with Crippen LogP contribution in [0.2, 0.25) is 0 Å². The summed E-state index contributed by atoms with van der Waals surface area (Å²) in [5.41, 5.74) is 6.15. The van der Waals surface area contributed by atoms with E-state index in [1.165, 1.54) is 33.7 Å². The number of carboxylic acid groups (broad SMARTS) is 1. The molecule has 0 aliphatic heterocycles. The fraction of sp³-hybridized carbons (Fsp3) is 0.227. The third kappa shape index (κ3) is 4.24. The summed E-state index contributed by atoms with van der Waals surface area (Å²) in [6.07, 6.45) is 8.07. The van der Waals surface area contributed by atoms with Gasteiger partial charge in [0.25, 0.3) is 0 Å². The van der Waals surface area contributed by atoms with Crippen molar-refractivity contribution >= 4 is 35.4 Å². The number of benzene rings is 2. The summed E-state index contributed by atoms with van der Waals surface area (Å²) in [6.45, 7) is 0.937. The molecule has 3 N–H and O–H groups in total. The van der Waals surface area contributed by atoms with E-state index in [9.17, 15) is 4.79 Å². The molecule has 1 unspecified atom stereocenters. The molecular formula is C22H23ClN2O2. The number of H-pyrrole nitrogens is 1. The molecule has 5 heteroatoms. The molecule has 1 aromatic heterocycles. The molecule has 4 nitrogen and oxygen atoms in total. The van der Waals surface area contributed by atoms with Crippen molar-refractivity contribution in [2.24, 2.45) is 0 Å². The smallest absolute Gasteiger partial charge is 0.328 e. The fourth-order valence-corrected chi connectivity index (χ4v) is 3.84. The highest BCUT2D eigenvalue weighted by atomic mass is 35.5. The number of aromatic amines is 1. The predicted octanol–water partition coefficient (Wildman–Crippen LogP) is 4.51. The lowest BCUT2D eigenvalue weighted by atomic mass is 10.0. The molecule has 1 atom stereocenters. The lowest BCUT2D eigenvalue weighted by Crippen LogP contribution is -2.21. The van der Waals surface area contributed by atoms with E-state index in [-0.39, 0.29) is 12.4 Å². The van der Waals surface area contributed by atoms with Crippen molar-refractivity contribution < 1.29 is 9.90 Å². The predicted molar refractivity (Wildman–Crippen MR) is 111 cm³/mol. The minimum absolute atomic E-state index is 0. The largest absolute Gasteiger partial charge is 0.478 e. The maximum Gasteiger partial charge on any atom is 0.328 e. The summed E-state index contributed by atoms with van der Waals surface area (Å²) in [7, 11) is 0. The van der Waals surface area contributed by atoms with Crippen LogP contribution in [0.1, 0.15) is 34.7 Å². The molecule has 0 saturated heterocycles. The van der Waals surface area contributed by atoms with E-state index in [0.29, 0.717) is 6.04 Å². The van der Waals surface area contributed by atoms with E-state index in [2.05, 4.69) is 52.9 Å². The van der Waals surface area contributed by atoms with E-state index in [4.69, 9.17) is 5.11 Å². The zero-order chi connectivity index (χ0) is 17.9. The van der Waals surface area contributed by atoms with Crippen LogP contribution in [0.5, 0.6) is 0 Å². The highest BCUT2D eigenvalue weighted by molar-refractivity contribution is 5.85. The topological polar surface area (TPSA) is 65.1 Å². The van der Waals surface area contributed by atoms with Gasteiger partial charge in [0.15, 0.2) is 0 Å². The molecule has 4 rings (SSSR count). The first kappa shape index (κ1) is 19.2. The number of para-hydroxylation sites is 1. The third-order valence-electron chi connectivity index (χ3n) is 5.12. The number of aromatic nitrogens is 1. The molecule has 1 aliphatic carbocycles. The molecular weight excluding hydrogens is 360 g/mol. The number of carboxylic acids is 1. The van der Waals surface area contributed by atoms with E-state index in [1.807, 2.05) is 6.07 Å². The summed E-state index contributed by atoms with van der Waals surface area (Å²) >= 11 is 0. The van der Waals surface area contributed by atoms with Crippen LogP contribution in [0.3, 0.4) is 0 Å². The van der Waals surface area contributed by atoms with Crippen LogP contribution >= 0.6 is 12.4 Å². The van der Waals surface area contributed by atoms with Crippen LogP contribution in [0, 0.1) is 0 Å². The van der Waals surface area contributed by atoms with Gasteiger partial charge in [-0.05, 0) is 60.2 Å². The molecule has 0 spiro atoms. The number of fused-ring (bicyclic) bond motifs is 2. The maximum absolute atomic E-state index is 10.7. The Labute approximate surface area is 164 Å². The van der Waals surface area contributed by atoms with Crippen molar-refractivity contribution in [3.63, 3.8) is 0 Å². The van der Waals surface area contributed by atoms with Crippen LogP contribution in [0.4, 0.5) is 0 Å². The van der Waals surface area contributed by atoms with Gasteiger partial charge in [0.05, 0.1) is 0 Å². The molecule has 2 aromatic carbocycles. The van der Waals surface area contributed by atoms with Crippen LogP contribution < -0.4 is 5.32 Å². The van der Waals surface area contributed by atoms with Crippen LogP contribution in [-0.4, -0.2) is 22.6 Å². The van der Waals surface area contributed by atoms with Gasteiger partial charge in [-0.2, -0.15) is 0 Å². The Bertz CT molecular complexity index is 977. The van der Waals surface area contributed by atoms with Crippen molar-refractivity contribution in [3.05, 3.63) is 77.0 Å². The summed E-state index contributed by atoms with van der Waals surface area (Å²) in [4.78, 5) is 14.0. The van der Waals surface area contributed by atoms with Crippen molar-refractivity contribution in [2.75, 3.05) is 6.54 Å². The molecule has 3 aromatic rings. The molecule has 0 amide bonds. The van der Waals surface area contributed by atoms with Crippen LogP contribution in [-0.2, 0) is 17.6 Å². The maximum atomic E-state index is 10.7. The Morgan fingerprint density at radius 3 is 2.96 bits per heavy atom. The number of nitrogens with one attached hydrogen (secondary N) is 2. The van der Waals surface area contributed by atoms with Crippen molar-refractivity contribution in [1.29, 1.82) is 0 Å². The van der Waals surface area contributed by atoms with Gasteiger partial charge in [0.1, 0.15) is 0 Å². The molecule has 0 saturated carbocycles. The molecule has 0 radical (unpaired) electrons. The van der Waals surface area contributed by atoms with Crippen LogP contribution in [0.15, 0.2) is 54.7 Å². The highest BCUT2D eigenvalue weighted by Crippen LogP contribution is 2.32. The second-order valence-corrected chi connectivity index (χ2v) is 6.78. The quantitative estimate of drug-likeness (QED) is 0.549. The minimum Gasteiger partial charge on any atom is -0.478 e. The number of aliphatic carboxylic acids is 1. The lowest BCUT2D eigenvalue weighted by Gasteiger charge is -2.14. The normalized spacial score (nSPS) is 15.8. The Morgan fingerprint density at radius 2 is 2.11 bits per heavy atom.